The Morgan fingerprint density at radius 2 is 1.72 bits per heavy atom. The number of nitrogens with one attached hydrogen (secondary N) is 1. The number of hydrogen-bond donors (Lipinski definition) is 1. The molecule has 1 aromatic heterocycles. The fourth-order valence-corrected chi connectivity index (χ4v) is 3.36. The maximum Gasteiger partial charge on any atom is 0.203 e. The van der Waals surface area contributed by atoms with Gasteiger partial charge in [0, 0.05) is 22.6 Å². The van der Waals surface area contributed by atoms with Gasteiger partial charge in [-0.05, 0) is 24.3 Å². The van der Waals surface area contributed by atoms with Crippen LogP contribution in [0.4, 0.5) is 5.13 Å². The van der Waals surface area contributed by atoms with E-state index in [4.69, 9.17) is 9.47 Å². The molecule has 0 radical (unpaired) electrons. The fraction of sp³-hybridized carbons (Fsp3) is 0.0435. The first-order valence-electron chi connectivity index (χ1n) is 9.03. The smallest absolute Gasteiger partial charge is 0.203 e. The van der Waals surface area contributed by atoms with Gasteiger partial charge in [0.15, 0.2) is 0 Å². The standard InChI is InChI=1S/C23H19N3O2S/c1-27-19-11-7-12-20(14-19)28-22-13-6-5-10-18(22)15-24-26-23-25-21(16-29-23)17-8-3-2-4-9-17/h2-16H,1H3,(H,25,26). The van der Waals surface area contributed by atoms with E-state index >= 15 is 0 Å². The van der Waals surface area contributed by atoms with E-state index < -0.39 is 0 Å². The third-order valence-corrected chi connectivity index (χ3v) is 4.87. The minimum atomic E-state index is 0.700. The molecule has 0 aliphatic heterocycles. The lowest BCUT2D eigenvalue weighted by Gasteiger charge is -2.09. The number of rotatable bonds is 7. The summed E-state index contributed by atoms with van der Waals surface area (Å²) in [5, 5.41) is 7.06. The first-order chi connectivity index (χ1) is 14.3. The van der Waals surface area contributed by atoms with Crippen molar-refractivity contribution >= 4 is 22.7 Å². The summed E-state index contributed by atoms with van der Waals surface area (Å²) in [7, 11) is 1.63. The Kier molecular flexibility index (Phi) is 5.83. The van der Waals surface area contributed by atoms with E-state index in [1.165, 1.54) is 11.3 Å². The molecule has 0 aliphatic carbocycles. The number of para-hydroxylation sites is 1. The average Bonchev–Trinajstić information content (AvgIpc) is 3.25. The topological polar surface area (TPSA) is 55.7 Å². The monoisotopic (exact) mass is 401 g/mol. The molecule has 3 aromatic carbocycles. The molecule has 0 unspecified atom stereocenters. The van der Waals surface area contributed by atoms with Crippen molar-refractivity contribution in [2.75, 3.05) is 12.5 Å². The lowest BCUT2D eigenvalue weighted by Crippen LogP contribution is -1.94. The summed E-state index contributed by atoms with van der Waals surface area (Å²) < 4.78 is 11.3. The predicted octanol–water partition coefficient (Wildman–Crippen LogP) is 6.06. The van der Waals surface area contributed by atoms with Gasteiger partial charge in [0.25, 0.3) is 0 Å². The maximum atomic E-state index is 6.00. The van der Waals surface area contributed by atoms with Crippen LogP contribution in [0.3, 0.4) is 0 Å². The van der Waals surface area contributed by atoms with E-state index in [-0.39, 0.29) is 0 Å². The van der Waals surface area contributed by atoms with Gasteiger partial charge in [0.05, 0.1) is 19.0 Å². The highest BCUT2D eigenvalue weighted by Gasteiger charge is 2.05. The number of aromatic nitrogens is 1. The van der Waals surface area contributed by atoms with Gasteiger partial charge in [-0.2, -0.15) is 5.10 Å². The number of benzene rings is 3. The Morgan fingerprint density at radius 1 is 0.931 bits per heavy atom. The summed E-state index contributed by atoms with van der Waals surface area (Å²) in [6.07, 6.45) is 1.72. The zero-order chi connectivity index (χ0) is 19.9. The van der Waals surface area contributed by atoms with Gasteiger partial charge in [0.2, 0.25) is 5.13 Å². The molecule has 29 heavy (non-hydrogen) atoms. The molecule has 4 rings (SSSR count). The van der Waals surface area contributed by atoms with E-state index in [1.807, 2.05) is 84.2 Å². The summed E-state index contributed by atoms with van der Waals surface area (Å²) >= 11 is 1.51. The lowest BCUT2D eigenvalue weighted by molar-refractivity contribution is 0.409. The highest BCUT2D eigenvalue weighted by Crippen LogP contribution is 2.27. The second kappa shape index (κ2) is 9.03. The molecule has 0 saturated heterocycles. The molecule has 1 N–H and O–H groups in total. The van der Waals surface area contributed by atoms with Crippen LogP contribution in [-0.4, -0.2) is 18.3 Å². The van der Waals surface area contributed by atoms with Gasteiger partial charge in [-0.15, -0.1) is 11.3 Å². The highest BCUT2D eigenvalue weighted by atomic mass is 32.1. The highest BCUT2D eigenvalue weighted by molar-refractivity contribution is 7.14. The summed E-state index contributed by atoms with van der Waals surface area (Å²) in [5.74, 6) is 2.15. The first kappa shape index (κ1) is 18.7. The van der Waals surface area contributed by atoms with Crippen molar-refractivity contribution in [1.82, 2.24) is 4.98 Å². The zero-order valence-electron chi connectivity index (χ0n) is 15.8. The number of nitrogens with zero attached hydrogens (tertiary/aromatic N) is 2. The van der Waals surface area contributed by atoms with Crippen LogP contribution < -0.4 is 14.9 Å². The van der Waals surface area contributed by atoms with Crippen LogP contribution >= 0.6 is 11.3 Å². The zero-order valence-corrected chi connectivity index (χ0v) is 16.6. The quantitative estimate of drug-likeness (QED) is 0.302. The van der Waals surface area contributed by atoms with Crippen molar-refractivity contribution < 1.29 is 9.47 Å². The van der Waals surface area contributed by atoms with Crippen molar-refractivity contribution in [2.45, 2.75) is 0 Å². The van der Waals surface area contributed by atoms with E-state index in [0.29, 0.717) is 11.5 Å². The van der Waals surface area contributed by atoms with Crippen molar-refractivity contribution in [2.24, 2.45) is 5.10 Å². The van der Waals surface area contributed by atoms with Gasteiger partial charge < -0.3 is 9.47 Å². The van der Waals surface area contributed by atoms with Gasteiger partial charge in [0.1, 0.15) is 17.2 Å². The molecule has 0 saturated carbocycles. The molecule has 6 heteroatoms. The maximum absolute atomic E-state index is 6.00. The molecule has 5 nitrogen and oxygen atoms in total. The van der Waals surface area contributed by atoms with E-state index in [2.05, 4.69) is 15.5 Å². The number of hydrazone groups is 1. The molecule has 0 atom stereocenters. The minimum Gasteiger partial charge on any atom is -0.497 e. The second-order valence-corrected chi connectivity index (χ2v) is 6.95. The van der Waals surface area contributed by atoms with E-state index in [1.54, 1.807) is 13.3 Å². The van der Waals surface area contributed by atoms with Gasteiger partial charge >= 0.3 is 0 Å². The summed E-state index contributed by atoms with van der Waals surface area (Å²) in [6.45, 7) is 0. The van der Waals surface area contributed by atoms with Crippen LogP contribution in [0.5, 0.6) is 17.2 Å². The largest absolute Gasteiger partial charge is 0.497 e. The van der Waals surface area contributed by atoms with Crippen LogP contribution in [0.25, 0.3) is 11.3 Å². The number of methoxy groups -OCH3 is 1. The molecule has 0 bridgehead atoms. The Labute approximate surface area is 173 Å². The van der Waals surface area contributed by atoms with Crippen molar-refractivity contribution in [3.8, 4) is 28.5 Å². The molecular weight excluding hydrogens is 382 g/mol. The van der Waals surface area contributed by atoms with E-state index in [0.717, 1.165) is 27.7 Å². The summed E-state index contributed by atoms with van der Waals surface area (Å²) in [5.41, 5.74) is 5.85. The molecule has 0 amide bonds. The van der Waals surface area contributed by atoms with Gasteiger partial charge in [-0.1, -0.05) is 48.5 Å². The lowest BCUT2D eigenvalue weighted by atomic mass is 10.2. The van der Waals surface area contributed by atoms with Crippen LogP contribution in [-0.2, 0) is 0 Å². The third-order valence-electron chi connectivity index (χ3n) is 4.13. The minimum absolute atomic E-state index is 0.700. The van der Waals surface area contributed by atoms with Crippen molar-refractivity contribution in [3.63, 3.8) is 0 Å². The van der Waals surface area contributed by atoms with Gasteiger partial charge in [-0.25, -0.2) is 4.98 Å². The second-order valence-electron chi connectivity index (χ2n) is 6.09. The normalized spacial score (nSPS) is 10.8. The first-order valence-corrected chi connectivity index (χ1v) is 9.91. The molecule has 4 aromatic rings. The molecule has 0 fully saturated rings. The Morgan fingerprint density at radius 3 is 2.59 bits per heavy atom. The van der Waals surface area contributed by atoms with Crippen LogP contribution in [0, 0.1) is 0 Å². The SMILES string of the molecule is COc1cccc(Oc2ccccc2C=NNc2nc(-c3ccccc3)cs2)c1. The van der Waals surface area contributed by atoms with Crippen LogP contribution in [0.2, 0.25) is 0 Å². The summed E-state index contributed by atoms with van der Waals surface area (Å²) in [6, 6.07) is 25.3. The van der Waals surface area contributed by atoms with Crippen LogP contribution in [0.15, 0.2) is 89.3 Å². The third kappa shape index (κ3) is 4.80. The van der Waals surface area contributed by atoms with E-state index in [9.17, 15) is 0 Å². The number of hydrogen-bond acceptors (Lipinski definition) is 6. The number of thiazole rings is 1. The number of ether oxygens (including phenoxy) is 2. The molecule has 1 heterocycles. The summed E-state index contributed by atoms with van der Waals surface area (Å²) in [4.78, 5) is 4.57. The Hall–Kier alpha value is -3.64. The fourth-order valence-electron chi connectivity index (χ4n) is 2.70. The molecule has 0 aliphatic rings. The molecule has 0 spiro atoms. The van der Waals surface area contributed by atoms with Crippen molar-refractivity contribution in [3.05, 3.63) is 89.8 Å². The van der Waals surface area contributed by atoms with Crippen LogP contribution in [0.1, 0.15) is 5.56 Å². The average molecular weight is 401 g/mol. The molecular formula is C23H19N3O2S. The van der Waals surface area contributed by atoms with Gasteiger partial charge in [-0.3, -0.25) is 5.43 Å². The number of anilines is 1. The predicted molar refractivity (Wildman–Crippen MR) is 118 cm³/mol. The van der Waals surface area contributed by atoms with Crippen molar-refractivity contribution in [1.29, 1.82) is 0 Å². The molecule has 144 valence electrons. The Bertz CT molecular complexity index is 1110. The Balaban J connectivity index is 1.46.